The molecular formula is C27H32N8O4. The summed E-state index contributed by atoms with van der Waals surface area (Å²) >= 11 is 0. The van der Waals surface area contributed by atoms with Crippen LogP contribution in [0.25, 0.3) is 11.4 Å². The molecule has 4 N–H and O–H groups in total. The zero-order valence-corrected chi connectivity index (χ0v) is 21.5. The van der Waals surface area contributed by atoms with Crippen molar-refractivity contribution < 1.29 is 19.7 Å². The fourth-order valence-electron chi connectivity index (χ4n) is 5.75. The number of nitrogens with zero attached hydrogens (tertiary/aromatic N) is 6. The Balaban J connectivity index is 1.30. The lowest BCUT2D eigenvalue weighted by Crippen LogP contribution is -2.47. The second-order valence-corrected chi connectivity index (χ2v) is 10.1. The lowest BCUT2D eigenvalue weighted by Gasteiger charge is -2.36. The van der Waals surface area contributed by atoms with Crippen molar-refractivity contribution in [3.8, 4) is 11.4 Å². The number of morpholine rings is 1. The monoisotopic (exact) mass is 532 g/mol. The van der Waals surface area contributed by atoms with Gasteiger partial charge in [-0.25, -0.2) is 4.79 Å². The molecule has 0 spiro atoms. The number of ether oxygens (including phenoxy) is 1. The molecule has 3 aromatic rings. The molecule has 0 radical (unpaired) electrons. The first-order valence-electron chi connectivity index (χ1n) is 13.3. The van der Waals surface area contributed by atoms with Gasteiger partial charge in [0, 0.05) is 29.3 Å². The minimum Gasteiger partial charge on any atom is -0.394 e. The maximum Gasteiger partial charge on any atom is 0.323 e. The first-order chi connectivity index (χ1) is 19.1. The zero-order valence-electron chi connectivity index (χ0n) is 21.5. The van der Waals surface area contributed by atoms with E-state index < -0.39 is 0 Å². The van der Waals surface area contributed by atoms with Gasteiger partial charge in [0.25, 0.3) is 0 Å². The van der Waals surface area contributed by atoms with Gasteiger partial charge in [0.15, 0.2) is 5.82 Å². The van der Waals surface area contributed by atoms with Gasteiger partial charge in [-0.3, -0.25) is 4.98 Å². The fraction of sp³-hybridized carbons (Fsp3) is 0.444. The molecule has 2 aromatic heterocycles. The van der Waals surface area contributed by atoms with Crippen LogP contribution < -0.4 is 20.4 Å². The molecule has 3 saturated heterocycles. The van der Waals surface area contributed by atoms with E-state index in [0.29, 0.717) is 42.3 Å². The van der Waals surface area contributed by atoms with Crippen LogP contribution in [0.5, 0.6) is 0 Å². The summed E-state index contributed by atoms with van der Waals surface area (Å²) < 4.78 is 5.77. The van der Waals surface area contributed by atoms with Gasteiger partial charge in [0.1, 0.15) is 0 Å². The number of benzene rings is 1. The number of carbonyl (C=O) groups excluding carboxylic acids is 1. The lowest BCUT2D eigenvalue weighted by atomic mass is 10.2. The van der Waals surface area contributed by atoms with Crippen LogP contribution >= 0.6 is 0 Å². The van der Waals surface area contributed by atoms with E-state index >= 15 is 0 Å². The Morgan fingerprint density at radius 2 is 1.36 bits per heavy atom. The van der Waals surface area contributed by atoms with Crippen molar-refractivity contribution in [1.82, 2.24) is 19.9 Å². The SMILES string of the molecule is O=C(Nc1ccncc1)Nc1ccc(-c2nc(N3C(CO)CCC3CO)nc(N3C4CCC3COC4)n2)cc1. The largest absolute Gasteiger partial charge is 0.394 e. The van der Waals surface area contributed by atoms with Crippen LogP contribution in [0.15, 0.2) is 48.8 Å². The third-order valence-electron chi connectivity index (χ3n) is 7.69. The Kier molecular flexibility index (Phi) is 7.22. The highest BCUT2D eigenvalue weighted by Gasteiger charge is 2.41. The summed E-state index contributed by atoms with van der Waals surface area (Å²) in [7, 11) is 0. The number of rotatable bonds is 7. The molecule has 4 unspecified atom stereocenters. The third-order valence-corrected chi connectivity index (χ3v) is 7.69. The van der Waals surface area contributed by atoms with Crippen LogP contribution in [-0.2, 0) is 4.74 Å². The Labute approximate surface area is 226 Å². The average Bonchev–Trinajstić information content (AvgIpc) is 3.50. The first-order valence-corrected chi connectivity index (χ1v) is 13.3. The number of amides is 2. The average molecular weight is 533 g/mol. The number of aliphatic hydroxyl groups is 2. The number of hydrogen-bond acceptors (Lipinski definition) is 10. The molecule has 204 valence electrons. The van der Waals surface area contributed by atoms with E-state index in [4.69, 9.17) is 19.7 Å². The molecule has 0 aliphatic carbocycles. The molecule has 39 heavy (non-hydrogen) atoms. The number of carbonyl (C=O) groups is 1. The van der Waals surface area contributed by atoms with E-state index in [2.05, 4.69) is 20.5 Å². The molecule has 12 nitrogen and oxygen atoms in total. The number of nitrogens with one attached hydrogen (secondary N) is 2. The maximum absolute atomic E-state index is 12.4. The van der Waals surface area contributed by atoms with Crippen molar-refractivity contribution >= 4 is 29.3 Å². The fourth-order valence-corrected chi connectivity index (χ4v) is 5.75. The van der Waals surface area contributed by atoms with Crippen molar-refractivity contribution in [1.29, 1.82) is 0 Å². The highest BCUT2D eigenvalue weighted by molar-refractivity contribution is 5.99. The number of urea groups is 1. The molecule has 3 aliphatic rings. The predicted octanol–water partition coefficient (Wildman–Crippen LogP) is 2.27. The van der Waals surface area contributed by atoms with E-state index in [-0.39, 0.29) is 43.4 Å². The molecule has 0 saturated carbocycles. The number of aromatic nitrogens is 4. The van der Waals surface area contributed by atoms with Crippen molar-refractivity contribution in [2.75, 3.05) is 46.9 Å². The van der Waals surface area contributed by atoms with Gasteiger partial charge in [-0.05, 0) is 62.1 Å². The van der Waals surface area contributed by atoms with E-state index in [1.165, 1.54) is 0 Å². The second-order valence-electron chi connectivity index (χ2n) is 10.1. The summed E-state index contributed by atoms with van der Waals surface area (Å²) in [5, 5.41) is 25.7. The minimum absolute atomic E-state index is 0.0441. The van der Waals surface area contributed by atoms with Gasteiger partial charge in [0.2, 0.25) is 11.9 Å². The maximum atomic E-state index is 12.4. The van der Waals surface area contributed by atoms with Crippen LogP contribution in [0.4, 0.5) is 28.1 Å². The molecule has 12 heteroatoms. The van der Waals surface area contributed by atoms with Crippen LogP contribution in [-0.4, -0.2) is 86.8 Å². The van der Waals surface area contributed by atoms with E-state index in [0.717, 1.165) is 31.2 Å². The Morgan fingerprint density at radius 1 is 0.795 bits per heavy atom. The van der Waals surface area contributed by atoms with Gasteiger partial charge in [-0.15, -0.1) is 0 Å². The topological polar surface area (TPSA) is 149 Å². The third kappa shape index (κ3) is 5.22. The summed E-state index contributed by atoms with van der Waals surface area (Å²) in [6.45, 7) is 1.18. The van der Waals surface area contributed by atoms with Crippen molar-refractivity contribution in [2.24, 2.45) is 0 Å². The quantitative estimate of drug-likeness (QED) is 0.357. The van der Waals surface area contributed by atoms with Gasteiger partial charge in [0.05, 0.1) is 50.6 Å². The standard InChI is InChI=1S/C27H32N8O4/c36-13-20-5-6-21(14-37)34(20)25-31-24(32-26(33-25)35-22-7-8-23(35)16-39-15-22)17-1-3-18(4-2-17)29-27(38)30-19-9-11-28-12-10-19/h1-4,9-12,20-23,36-37H,5-8,13-16H2,(H2,28,29,30,38). The number of fused-ring (bicyclic) bond motifs is 2. The summed E-state index contributed by atoms with van der Waals surface area (Å²) in [5.74, 6) is 1.54. The van der Waals surface area contributed by atoms with Crippen molar-refractivity contribution in [3.63, 3.8) is 0 Å². The number of anilines is 4. The normalized spacial score (nSPS) is 24.2. The van der Waals surface area contributed by atoms with Crippen molar-refractivity contribution in [3.05, 3.63) is 48.8 Å². The first kappa shape index (κ1) is 25.4. The molecule has 1 aromatic carbocycles. The second kappa shape index (κ2) is 11.1. The Morgan fingerprint density at radius 3 is 1.95 bits per heavy atom. The van der Waals surface area contributed by atoms with Gasteiger partial charge >= 0.3 is 6.03 Å². The molecule has 4 atom stereocenters. The van der Waals surface area contributed by atoms with E-state index in [1.54, 1.807) is 36.7 Å². The lowest BCUT2D eigenvalue weighted by molar-refractivity contribution is 0.0897. The molecule has 3 aliphatic heterocycles. The van der Waals surface area contributed by atoms with Crippen molar-refractivity contribution in [2.45, 2.75) is 49.9 Å². The molecular weight excluding hydrogens is 500 g/mol. The van der Waals surface area contributed by atoms with E-state index in [9.17, 15) is 15.0 Å². The summed E-state index contributed by atoms with van der Waals surface area (Å²) in [5.41, 5.74) is 2.03. The molecule has 5 heterocycles. The number of pyridine rings is 1. The van der Waals surface area contributed by atoms with Crippen LogP contribution in [0.3, 0.4) is 0 Å². The predicted molar refractivity (Wildman–Crippen MR) is 146 cm³/mol. The summed E-state index contributed by atoms with van der Waals surface area (Å²) in [6, 6.07) is 10.4. The zero-order chi connectivity index (χ0) is 26.8. The highest BCUT2D eigenvalue weighted by atomic mass is 16.5. The minimum atomic E-state index is -0.361. The molecule has 2 bridgehead atoms. The Hall–Kier alpha value is -3.87. The van der Waals surface area contributed by atoms with E-state index in [1.807, 2.05) is 17.0 Å². The van der Waals surface area contributed by atoms with Crippen LogP contribution in [0.2, 0.25) is 0 Å². The Bertz CT molecular complexity index is 1270. The number of aliphatic hydroxyl groups excluding tert-OH is 2. The van der Waals surface area contributed by atoms with Crippen LogP contribution in [0, 0.1) is 0 Å². The van der Waals surface area contributed by atoms with Gasteiger partial charge in [-0.1, -0.05) is 0 Å². The van der Waals surface area contributed by atoms with Crippen LogP contribution in [0.1, 0.15) is 25.7 Å². The number of hydrogen-bond donors (Lipinski definition) is 4. The molecule has 3 fully saturated rings. The molecule has 6 rings (SSSR count). The molecule has 2 amide bonds. The summed E-state index contributed by atoms with van der Waals surface area (Å²) in [4.78, 5) is 35.1. The highest BCUT2D eigenvalue weighted by Crippen LogP contribution is 2.35. The summed E-state index contributed by atoms with van der Waals surface area (Å²) in [6.07, 6.45) is 6.76. The van der Waals surface area contributed by atoms with Gasteiger partial charge in [-0.2, -0.15) is 15.0 Å². The smallest absolute Gasteiger partial charge is 0.323 e. The van der Waals surface area contributed by atoms with Gasteiger partial charge < -0.3 is 35.4 Å².